The van der Waals surface area contributed by atoms with Crippen LogP contribution in [-0.2, 0) is 6.18 Å². The highest BCUT2D eigenvalue weighted by Gasteiger charge is 2.33. The first-order chi connectivity index (χ1) is 6.95. The average Bonchev–Trinajstić information content (AvgIpc) is 2.17. The first-order valence-corrected chi connectivity index (χ1v) is 4.97. The van der Waals surface area contributed by atoms with Gasteiger partial charge in [-0.25, -0.2) is 0 Å². The molecule has 0 fully saturated rings. The van der Waals surface area contributed by atoms with Gasteiger partial charge in [-0.2, -0.15) is 13.2 Å². The lowest BCUT2D eigenvalue weighted by molar-refractivity contribution is -0.137. The summed E-state index contributed by atoms with van der Waals surface area (Å²) in [6.45, 7) is 1.72. The molecule has 0 aliphatic carbocycles. The average molecular weight is 238 g/mol. The van der Waals surface area contributed by atoms with E-state index in [9.17, 15) is 13.2 Å². The minimum absolute atomic E-state index is 0.0677. The number of hydrogen-bond acceptors (Lipinski definition) is 1. The summed E-state index contributed by atoms with van der Waals surface area (Å²) < 4.78 is 37.6. The maximum atomic E-state index is 12.5. The van der Waals surface area contributed by atoms with E-state index in [0.717, 1.165) is 6.07 Å². The number of nitrogens with one attached hydrogen (secondary N) is 1. The molecule has 0 amide bonds. The Hall–Kier alpha value is -0.900. The number of hydrogen-bond donors (Lipinski definition) is 1. The third-order valence-electron chi connectivity index (χ3n) is 1.87. The number of alkyl halides is 4. The van der Waals surface area contributed by atoms with Crippen LogP contribution in [0.25, 0.3) is 0 Å². The molecule has 0 spiro atoms. The second-order valence-corrected chi connectivity index (χ2v) is 3.55. The monoisotopic (exact) mass is 237 g/mol. The van der Waals surface area contributed by atoms with Crippen molar-refractivity contribution in [2.45, 2.75) is 19.1 Å². The van der Waals surface area contributed by atoms with Gasteiger partial charge in [0, 0.05) is 17.6 Å². The molecular formula is C10H11ClF3N. The molecule has 1 aromatic carbocycles. The molecule has 0 radical (unpaired) electrons. The summed E-state index contributed by atoms with van der Waals surface area (Å²) in [6, 6.07) is 5.16. The van der Waals surface area contributed by atoms with Gasteiger partial charge in [-0.1, -0.05) is 12.1 Å². The molecule has 0 aliphatic rings. The summed E-state index contributed by atoms with van der Waals surface area (Å²) >= 11 is 5.52. The molecule has 0 saturated carbocycles. The molecule has 0 heterocycles. The molecule has 5 heteroatoms. The summed E-state index contributed by atoms with van der Waals surface area (Å²) in [5.41, 5.74) is -0.597. The molecule has 1 aromatic rings. The van der Waals surface area contributed by atoms with Crippen molar-refractivity contribution in [1.29, 1.82) is 0 Å². The Kier molecular flexibility index (Phi) is 3.85. The first kappa shape index (κ1) is 12.2. The largest absolute Gasteiger partial charge is 0.418 e. The maximum absolute atomic E-state index is 12.5. The lowest BCUT2D eigenvalue weighted by Gasteiger charge is -2.17. The Labute approximate surface area is 91.2 Å². The highest BCUT2D eigenvalue weighted by atomic mass is 35.5. The van der Waals surface area contributed by atoms with Crippen LogP contribution in [0.2, 0.25) is 0 Å². The predicted octanol–water partition coefficient (Wildman–Crippen LogP) is 3.74. The van der Waals surface area contributed by atoms with Gasteiger partial charge in [-0.05, 0) is 19.1 Å². The van der Waals surface area contributed by atoms with Gasteiger partial charge in [0.05, 0.1) is 5.56 Å². The summed E-state index contributed by atoms with van der Waals surface area (Å²) in [5, 5.41) is 2.71. The van der Waals surface area contributed by atoms with E-state index in [0.29, 0.717) is 0 Å². The number of benzene rings is 1. The Morgan fingerprint density at radius 2 is 1.93 bits per heavy atom. The van der Waals surface area contributed by atoms with Crippen molar-refractivity contribution >= 4 is 17.3 Å². The van der Waals surface area contributed by atoms with Crippen molar-refractivity contribution in [3.8, 4) is 0 Å². The van der Waals surface area contributed by atoms with Crippen LogP contribution in [0.3, 0.4) is 0 Å². The number of halogens is 4. The zero-order chi connectivity index (χ0) is 11.5. The second-order valence-electron chi connectivity index (χ2n) is 3.24. The van der Waals surface area contributed by atoms with Crippen molar-refractivity contribution in [3.63, 3.8) is 0 Å². The van der Waals surface area contributed by atoms with Crippen molar-refractivity contribution in [1.82, 2.24) is 0 Å². The van der Waals surface area contributed by atoms with Gasteiger partial charge in [0.25, 0.3) is 0 Å². The normalized spacial score (nSPS) is 13.7. The van der Waals surface area contributed by atoms with E-state index in [2.05, 4.69) is 5.32 Å². The van der Waals surface area contributed by atoms with Crippen LogP contribution in [0.5, 0.6) is 0 Å². The molecule has 1 unspecified atom stereocenters. The summed E-state index contributed by atoms with van der Waals surface area (Å²) in [6.07, 6.45) is -4.34. The summed E-state index contributed by atoms with van der Waals surface area (Å²) in [4.78, 5) is 0. The van der Waals surface area contributed by atoms with E-state index in [1.54, 1.807) is 13.0 Å². The second kappa shape index (κ2) is 4.75. The fourth-order valence-corrected chi connectivity index (χ4v) is 1.24. The van der Waals surface area contributed by atoms with Gasteiger partial charge < -0.3 is 5.32 Å². The van der Waals surface area contributed by atoms with E-state index >= 15 is 0 Å². The number of para-hydroxylation sites is 1. The fourth-order valence-electron chi connectivity index (χ4n) is 1.16. The Balaban J connectivity index is 2.97. The van der Waals surface area contributed by atoms with Gasteiger partial charge >= 0.3 is 6.18 Å². The van der Waals surface area contributed by atoms with E-state index in [-0.39, 0.29) is 17.6 Å². The quantitative estimate of drug-likeness (QED) is 0.790. The predicted molar refractivity (Wildman–Crippen MR) is 55.2 cm³/mol. The van der Waals surface area contributed by atoms with Crippen LogP contribution in [0.1, 0.15) is 12.5 Å². The van der Waals surface area contributed by atoms with Gasteiger partial charge in [0.2, 0.25) is 0 Å². The van der Waals surface area contributed by atoms with Crippen molar-refractivity contribution in [3.05, 3.63) is 29.8 Å². The first-order valence-electron chi connectivity index (χ1n) is 4.44. The number of rotatable bonds is 3. The van der Waals surface area contributed by atoms with E-state index < -0.39 is 11.7 Å². The van der Waals surface area contributed by atoms with E-state index in [1.165, 1.54) is 12.1 Å². The lowest BCUT2D eigenvalue weighted by Crippen LogP contribution is -2.19. The van der Waals surface area contributed by atoms with Crippen LogP contribution in [0.15, 0.2) is 24.3 Å². The summed E-state index contributed by atoms with van der Waals surface area (Å²) in [7, 11) is 0. The van der Waals surface area contributed by atoms with Crippen molar-refractivity contribution < 1.29 is 13.2 Å². The Morgan fingerprint density at radius 3 is 2.47 bits per heavy atom. The van der Waals surface area contributed by atoms with Crippen LogP contribution in [0.4, 0.5) is 18.9 Å². The smallest absolute Gasteiger partial charge is 0.381 e. The van der Waals surface area contributed by atoms with E-state index in [4.69, 9.17) is 11.6 Å². The molecule has 1 N–H and O–H groups in total. The van der Waals surface area contributed by atoms with Gasteiger partial charge in [-0.3, -0.25) is 0 Å². The number of anilines is 1. The molecular weight excluding hydrogens is 227 g/mol. The molecule has 0 aromatic heterocycles. The Bertz CT molecular complexity index is 325. The third kappa shape index (κ3) is 3.30. The van der Waals surface area contributed by atoms with Crippen LogP contribution >= 0.6 is 11.6 Å². The molecule has 1 nitrogen and oxygen atoms in total. The minimum Gasteiger partial charge on any atom is -0.381 e. The van der Waals surface area contributed by atoms with E-state index in [1.807, 2.05) is 0 Å². The minimum atomic E-state index is -4.34. The van der Waals surface area contributed by atoms with Crippen LogP contribution in [0, 0.1) is 0 Å². The Morgan fingerprint density at radius 1 is 1.33 bits per heavy atom. The zero-order valence-corrected chi connectivity index (χ0v) is 8.86. The maximum Gasteiger partial charge on any atom is 0.418 e. The van der Waals surface area contributed by atoms with Crippen LogP contribution < -0.4 is 5.32 Å². The lowest BCUT2D eigenvalue weighted by atomic mass is 10.1. The SMILES string of the molecule is CC(CCl)Nc1ccccc1C(F)(F)F. The molecule has 1 atom stereocenters. The molecule has 0 bridgehead atoms. The highest BCUT2D eigenvalue weighted by Crippen LogP contribution is 2.34. The fraction of sp³-hybridized carbons (Fsp3) is 0.400. The molecule has 15 heavy (non-hydrogen) atoms. The molecule has 84 valence electrons. The van der Waals surface area contributed by atoms with Crippen molar-refractivity contribution in [2.75, 3.05) is 11.2 Å². The standard InChI is InChI=1S/C10H11ClF3N/c1-7(6-11)15-9-5-3-2-4-8(9)10(12,13)14/h2-5,7,15H,6H2,1H3. The van der Waals surface area contributed by atoms with Gasteiger partial charge in [0.1, 0.15) is 0 Å². The van der Waals surface area contributed by atoms with Gasteiger partial charge in [0.15, 0.2) is 0 Å². The van der Waals surface area contributed by atoms with Crippen molar-refractivity contribution in [2.24, 2.45) is 0 Å². The third-order valence-corrected chi connectivity index (χ3v) is 2.33. The summed E-state index contributed by atoms with van der Waals surface area (Å²) in [5.74, 6) is 0.256. The topological polar surface area (TPSA) is 12.0 Å². The molecule has 0 saturated heterocycles. The molecule has 0 aliphatic heterocycles. The molecule has 1 rings (SSSR count). The highest BCUT2D eigenvalue weighted by molar-refractivity contribution is 6.18. The van der Waals surface area contributed by atoms with Crippen LogP contribution in [-0.4, -0.2) is 11.9 Å². The van der Waals surface area contributed by atoms with Gasteiger partial charge in [-0.15, -0.1) is 11.6 Å². The zero-order valence-electron chi connectivity index (χ0n) is 8.11.